The summed E-state index contributed by atoms with van der Waals surface area (Å²) in [5, 5.41) is 21.2. The lowest BCUT2D eigenvalue weighted by molar-refractivity contribution is -0.132. The fourth-order valence-corrected chi connectivity index (χ4v) is 11.3. The first-order chi connectivity index (χ1) is 27.9. The lowest BCUT2D eigenvalue weighted by Gasteiger charge is -2.33. The van der Waals surface area contributed by atoms with Gasteiger partial charge in [0, 0.05) is 53.3 Å². The van der Waals surface area contributed by atoms with E-state index in [0.717, 1.165) is 34.0 Å². The number of thiophene rings is 2. The standard InChI is InChI=1S/C51H50N2O2S2/c1-4-7-9-13-27-51(28-14-10-8-5-2)43-31-35(34-19-23-46-42(30-34)41-15-11-12-16-45(41)53(46)6-3)17-21-39(43)40-22-18-36(32-44(40)51)47-25-26-49(57-47)48-24-20-38(56-48)29-37(33-52)50(54)55/h11-12,15-26,29-32H,4-10,13-14,27-28H2,1-3H3,(H,54,55)/b37-29-. The van der Waals surface area contributed by atoms with E-state index in [1.54, 1.807) is 17.4 Å². The highest BCUT2D eigenvalue weighted by Gasteiger charge is 2.42. The number of carbonyl (C=O) groups is 1. The lowest BCUT2D eigenvalue weighted by atomic mass is 9.70. The molecule has 0 fully saturated rings. The molecule has 1 aliphatic carbocycles. The summed E-state index contributed by atoms with van der Waals surface area (Å²) >= 11 is 3.29. The van der Waals surface area contributed by atoms with E-state index in [2.05, 4.69) is 116 Å². The first-order valence-corrected chi connectivity index (χ1v) is 22.4. The second-order valence-corrected chi connectivity index (χ2v) is 17.8. The highest BCUT2D eigenvalue weighted by atomic mass is 32.1. The van der Waals surface area contributed by atoms with Crippen molar-refractivity contribution in [1.82, 2.24) is 4.57 Å². The molecule has 0 bridgehead atoms. The molecule has 6 heteroatoms. The van der Waals surface area contributed by atoms with Crippen LogP contribution in [0.4, 0.5) is 0 Å². The van der Waals surface area contributed by atoms with E-state index in [-0.39, 0.29) is 11.0 Å². The third-order valence-electron chi connectivity index (χ3n) is 12.1. The molecule has 0 radical (unpaired) electrons. The van der Waals surface area contributed by atoms with Gasteiger partial charge in [-0.3, -0.25) is 0 Å². The van der Waals surface area contributed by atoms with Gasteiger partial charge in [0.2, 0.25) is 0 Å². The Labute approximate surface area is 344 Å². The molecule has 4 aromatic carbocycles. The molecule has 7 aromatic rings. The van der Waals surface area contributed by atoms with Crippen molar-refractivity contribution in [1.29, 1.82) is 5.26 Å². The van der Waals surface area contributed by atoms with Gasteiger partial charge in [-0.15, -0.1) is 22.7 Å². The molecule has 4 nitrogen and oxygen atoms in total. The molecule has 0 unspecified atom stereocenters. The number of para-hydroxylation sites is 1. The number of nitrogens with zero attached hydrogens (tertiary/aromatic N) is 2. The predicted octanol–water partition coefficient (Wildman–Crippen LogP) is 15.1. The number of aromatic nitrogens is 1. The zero-order chi connectivity index (χ0) is 39.5. The van der Waals surface area contributed by atoms with Gasteiger partial charge in [-0.1, -0.05) is 114 Å². The van der Waals surface area contributed by atoms with Crippen molar-refractivity contribution in [3.05, 3.63) is 125 Å². The summed E-state index contributed by atoms with van der Waals surface area (Å²) in [6, 6.07) is 40.5. The van der Waals surface area contributed by atoms with Crippen LogP contribution in [-0.4, -0.2) is 15.6 Å². The minimum absolute atomic E-state index is 0.0574. The fourth-order valence-electron chi connectivity index (χ4n) is 9.25. The molecule has 288 valence electrons. The fraction of sp³-hybridized carbons (Fsp3) is 0.294. The normalized spacial score (nSPS) is 13.3. The number of hydrogen-bond donors (Lipinski definition) is 1. The number of fused-ring (bicyclic) bond motifs is 6. The van der Waals surface area contributed by atoms with Crippen LogP contribution in [0, 0.1) is 11.3 Å². The number of carboxylic acids is 1. The average molecular weight is 787 g/mol. The molecular formula is C51H50N2O2S2. The maximum Gasteiger partial charge on any atom is 0.346 e. The number of carboxylic acid groups (broad SMARTS) is 1. The van der Waals surface area contributed by atoms with Gasteiger partial charge >= 0.3 is 5.97 Å². The average Bonchev–Trinajstić information content (AvgIpc) is 4.03. The first kappa shape index (κ1) is 38.6. The van der Waals surface area contributed by atoms with Crippen molar-refractivity contribution in [3.8, 4) is 48.5 Å². The Morgan fingerprint density at radius 1 is 0.667 bits per heavy atom. The van der Waals surface area contributed by atoms with E-state index in [9.17, 15) is 15.2 Å². The Morgan fingerprint density at radius 3 is 1.95 bits per heavy atom. The van der Waals surface area contributed by atoms with Crippen LogP contribution >= 0.6 is 22.7 Å². The number of hydrogen-bond acceptors (Lipinski definition) is 4. The van der Waals surface area contributed by atoms with E-state index < -0.39 is 5.97 Å². The van der Waals surface area contributed by atoms with Gasteiger partial charge in [0.25, 0.3) is 0 Å². The van der Waals surface area contributed by atoms with Gasteiger partial charge in [0.05, 0.1) is 0 Å². The van der Waals surface area contributed by atoms with Crippen molar-refractivity contribution >= 4 is 56.5 Å². The van der Waals surface area contributed by atoms with Crippen molar-refractivity contribution in [2.45, 2.75) is 96.9 Å². The minimum Gasteiger partial charge on any atom is -0.477 e. The van der Waals surface area contributed by atoms with Crippen molar-refractivity contribution in [2.24, 2.45) is 0 Å². The number of aryl methyl sites for hydroxylation is 1. The molecule has 0 saturated carbocycles. The quantitative estimate of drug-likeness (QED) is 0.0603. The third-order valence-corrected chi connectivity index (χ3v) is 14.5. The highest BCUT2D eigenvalue weighted by Crippen LogP contribution is 2.56. The Hall–Kier alpha value is -5.22. The molecular weight excluding hydrogens is 737 g/mol. The summed E-state index contributed by atoms with van der Waals surface area (Å²) in [4.78, 5) is 15.6. The van der Waals surface area contributed by atoms with E-state index in [1.807, 2.05) is 12.1 Å². The Bertz CT molecular complexity index is 2650. The predicted molar refractivity (Wildman–Crippen MR) is 242 cm³/mol. The van der Waals surface area contributed by atoms with Gasteiger partial charge in [0.15, 0.2) is 0 Å². The summed E-state index contributed by atoms with van der Waals surface area (Å²) in [6.07, 6.45) is 13.7. The third kappa shape index (κ3) is 7.29. The molecule has 1 N–H and O–H groups in total. The zero-order valence-corrected chi connectivity index (χ0v) is 34.9. The summed E-state index contributed by atoms with van der Waals surface area (Å²) in [5.74, 6) is -1.20. The van der Waals surface area contributed by atoms with E-state index in [4.69, 9.17) is 0 Å². The smallest absolute Gasteiger partial charge is 0.346 e. The maximum atomic E-state index is 11.4. The molecule has 3 heterocycles. The SMILES string of the molecule is CCCCCCC1(CCCCCC)c2cc(-c3ccc4c(c3)c3ccccc3n4CC)ccc2-c2ccc(-c3ccc(-c4ccc(/C=C(/C#N)C(=O)O)s4)s3)cc21. The maximum absolute atomic E-state index is 11.4. The van der Waals surface area contributed by atoms with Crippen LogP contribution < -0.4 is 0 Å². The molecule has 0 spiro atoms. The van der Waals surface area contributed by atoms with E-state index >= 15 is 0 Å². The van der Waals surface area contributed by atoms with Gasteiger partial charge in [-0.25, -0.2) is 4.79 Å². The molecule has 57 heavy (non-hydrogen) atoms. The first-order valence-electron chi connectivity index (χ1n) is 20.7. The number of unbranched alkanes of at least 4 members (excludes halogenated alkanes) is 6. The van der Waals surface area contributed by atoms with Gasteiger partial charge in [-0.2, -0.15) is 5.26 Å². The van der Waals surface area contributed by atoms with Gasteiger partial charge < -0.3 is 9.67 Å². The number of nitriles is 1. The lowest BCUT2D eigenvalue weighted by Crippen LogP contribution is -2.25. The van der Waals surface area contributed by atoms with Crippen molar-refractivity contribution < 1.29 is 9.90 Å². The Kier molecular flexibility index (Phi) is 11.3. The second kappa shape index (κ2) is 16.7. The monoisotopic (exact) mass is 786 g/mol. The molecule has 0 aliphatic heterocycles. The summed E-state index contributed by atoms with van der Waals surface area (Å²) in [6.45, 7) is 7.78. The van der Waals surface area contributed by atoms with Crippen LogP contribution in [0.25, 0.3) is 70.3 Å². The van der Waals surface area contributed by atoms with Crippen LogP contribution in [0.15, 0.2) is 109 Å². The van der Waals surface area contributed by atoms with Crippen LogP contribution in [0.1, 0.15) is 101 Å². The topological polar surface area (TPSA) is 66.0 Å². The van der Waals surface area contributed by atoms with Crippen LogP contribution in [0.3, 0.4) is 0 Å². The minimum atomic E-state index is -1.20. The van der Waals surface area contributed by atoms with E-state index in [1.165, 1.54) is 134 Å². The Morgan fingerprint density at radius 2 is 1.26 bits per heavy atom. The summed E-state index contributed by atoms with van der Waals surface area (Å²) < 4.78 is 2.43. The van der Waals surface area contributed by atoms with Gasteiger partial charge in [0.1, 0.15) is 11.6 Å². The van der Waals surface area contributed by atoms with Crippen molar-refractivity contribution in [3.63, 3.8) is 0 Å². The number of benzene rings is 4. The van der Waals surface area contributed by atoms with Crippen molar-refractivity contribution in [2.75, 3.05) is 0 Å². The zero-order valence-electron chi connectivity index (χ0n) is 33.2. The van der Waals surface area contributed by atoms with Crippen LogP contribution in [0.2, 0.25) is 0 Å². The molecule has 1 aliphatic rings. The molecule has 0 atom stereocenters. The summed E-state index contributed by atoms with van der Waals surface area (Å²) in [5.41, 5.74) is 11.8. The number of rotatable bonds is 16. The number of aliphatic carboxylic acids is 1. The highest BCUT2D eigenvalue weighted by molar-refractivity contribution is 7.24. The second-order valence-electron chi connectivity index (χ2n) is 15.6. The molecule has 0 amide bonds. The van der Waals surface area contributed by atoms with Crippen LogP contribution in [-0.2, 0) is 16.8 Å². The summed E-state index contributed by atoms with van der Waals surface area (Å²) in [7, 11) is 0. The molecule has 3 aromatic heterocycles. The Balaban J connectivity index is 1.21. The molecule has 0 saturated heterocycles. The largest absolute Gasteiger partial charge is 0.477 e. The van der Waals surface area contributed by atoms with Crippen LogP contribution in [0.5, 0.6) is 0 Å². The van der Waals surface area contributed by atoms with Gasteiger partial charge in [-0.05, 0) is 119 Å². The molecule has 8 rings (SSSR count). The van der Waals surface area contributed by atoms with E-state index in [0.29, 0.717) is 0 Å².